The molecule has 4 nitrogen and oxygen atoms in total. The van der Waals surface area contributed by atoms with Gasteiger partial charge in [-0.15, -0.1) is 0 Å². The molecule has 0 heterocycles. The van der Waals surface area contributed by atoms with Crippen LogP contribution < -0.4 is 10.2 Å². The number of carbonyl (C=O) groups is 2. The monoisotopic (exact) mass is 388 g/mol. The fraction of sp³-hybridized carbons (Fsp3) is 0.263. The number of anilines is 1. The van der Waals surface area contributed by atoms with Crippen LogP contribution in [-0.4, -0.2) is 18.4 Å². The number of halogens is 1. The molecule has 0 fully saturated rings. The lowest BCUT2D eigenvalue weighted by atomic mass is 10.1. The Hall–Kier alpha value is -2.14. The van der Waals surface area contributed by atoms with Gasteiger partial charge in [-0.05, 0) is 30.7 Å². The summed E-state index contributed by atoms with van der Waals surface area (Å²) in [6.45, 7) is 4.38. The van der Waals surface area contributed by atoms with Crippen molar-refractivity contribution in [2.45, 2.75) is 26.8 Å². The van der Waals surface area contributed by atoms with Crippen molar-refractivity contribution in [3.8, 4) is 0 Å². The van der Waals surface area contributed by atoms with Crippen molar-refractivity contribution >= 4 is 33.4 Å². The molecule has 2 rings (SSSR count). The predicted octanol–water partition coefficient (Wildman–Crippen LogP) is 3.82. The van der Waals surface area contributed by atoms with E-state index in [-0.39, 0.29) is 18.2 Å². The van der Waals surface area contributed by atoms with Gasteiger partial charge >= 0.3 is 0 Å². The first-order chi connectivity index (χ1) is 11.5. The van der Waals surface area contributed by atoms with E-state index in [0.29, 0.717) is 13.1 Å². The maximum absolute atomic E-state index is 12.1. The molecule has 126 valence electrons. The standard InChI is InChI=1S/C19H21BrN2O2/c1-14-5-3-6-16(11-14)13-21-19(24)9-10-22(15(2)23)18-8-4-7-17(20)12-18/h3-8,11-12H,9-10,13H2,1-2H3,(H,21,24). The molecule has 0 aliphatic rings. The molecule has 0 saturated heterocycles. The van der Waals surface area contributed by atoms with Crippen molar-refractivity contribution in [1.82, 2.24) is 5.32 Å². The van der Waals surface area contributed by atoms with Crippen LogP contribution >= 0.6 is 15.9 Å². The Morgan fingerprint density at radius 1 is 1.12 bits per heavy atom. The van der Waals surface area contributed by atoms with E-state index in [2.05, 4.69) is 21.2 Å². The third-order valence-electron chi connectivity index (χ3n) is 3.63. The third-order valence-corrected chi connectivity index (χ3v) is 4.13. The number of nitrogens with zero attached hydrogens (tertiary/aromatic N) is 1. The molecule has 2 amide bonds. The van der Waals surface area contributed by atoms with Crippen LogP contribution in [0.3, 0.4) is 0 Å². The second kappa shape index (κ2) is 8.64. The lowest BCUT2D eigenvalue weighted by Gasteiger charge is -2.21. The maximum Gasteiger partial charge on any atom is 0.223 e. The molecule has 2 aromatic rings. The van der Waals surface area contributed by atoms with Gasteiger partial charge in [0.25, 0.3) is 0 Å². The highest BCUT2D eigenvalue weighted by atomic mass is 79.9. The predicted molar refractivity (Wildman–Crippen MR) is 99.8 cm³/mol. The number of benzene rings is 2. The SMILES string of the molecule is CC(=O)N(CCC(=O)NCc1cccc(C)c1)c1cccc(Br)c1. The van der Waals surface area contributed by atoms with E-state index < -0.39 is 0 Å². The summed E-state index contributed by atoms with van der Waals surface area (Å²) in [5.41, 5.74) is 3.02. The summed E-state index contributed by atoms with van der Waals surface area (Å²) < 4.78 is 0.898. The van der Waals surface area contributed by atoms with E-state index in [1.165, 1.54) is 12.5 Å². The van der Waals surface area contributed by atoms with Gasteiger partial charge in [-0.1, -0.05) is 51.8 Å². The second-order valence-corrected chi connectivity index (χ2v) is 6.58. The van der Waals surface area contributed by atoms with E-state index in [1.54, 1.807) is 4.90 Å². The number of aryl methyl sites for hydroxylation is 1. The molecule has 0 radical (unpaired) electrons. The Bertz CT molecular complexity index is 731. The Labute approximate surface area is 151 Å². The van der Waals surface area contributed by atoms with Gasteiger partial charge in [-0.25, -0.2) is 0 Å². The lowest BCUT2D eigenvalue weighted by Crippen LogP contribution is -2.33. The quantitative estimate of drug-likeness (QED) is 0.817. The van der Waals surface area contributed by atoms with Crippen molar-refractivity contribution in [1.29, 1.82) is 0 Å². The summed E-state index contributed by atoms with van der Waals surface area (Å²) in [5, 5.41) is 2.90. The highest BCUT2D eigenvalue weighted by Gasteiger charge is 2.13. The van der Waals surface area contributed by atoms with Gasteiger partial charge in [0.05, 0.1) is 0 Å². The summed E-state index contributed by atoms with van der Waals surface area (Å²) in [7, 11) is 0. The maximum atomic E-state index is 12.1. The van der Waals surface area contributed by atoms with Crippen LogP contribution in [0.5, 0.6) is 0 Å². The van der Waals surface area contributed by atoms with Gasteiger partial charge in [-0.2, -0.15) is 0 Å². The average Bonchev–Trinajstić information content (AvgIpc) is 2.53. The number of hydrogen-bond donors (Lipinski definition) is 1. The molecule has 0 bridgehead atoms. The zero-order valence-corrected chi connectivity index (χ0v) is 15.5. The van der Waals surface area contributed by atoms with E-state index in [0.717, 1.165) is 15.7 Å². The fourth-order valence-corrected chi connectivity index (χ4v) is 2.82. The van der Waals surface area contributed by atoms with Gasteiger partial charge in [-0.3, -0.25) is 9.59 Å². The third kappa shape index (κ3) is 5.49. The van der Waals surface area contributed by atoms with E-state index in [9.17, 15) is 9.59 Å². The van der Waals surface area contributed by atoms with Crippen molar-refractivity contribution in [3.05, 3.63) is 64.1 Å². The van der Waals surface area contributed by atoms with Gasteiger partial charge < -0.3 is 10.2 Å². The topological polar surface area (TPSA) is 49.4 Å². The number of hydrogen-bond acceptors (Lipinski definition) is 2. The minimum atomic E-state index is -0.0837. The molecule has 1 N–H and O–H groups in total. The molecule has 0 atom stereocenters. The number of nitrogens with one attached hydrogen (secondary N) is 1. The minimum absolute atomic E-state index is 0.0715. The van der Waals surface area contributed by atoms with Crippen LogP contribution in [-0.2, 0) is 16.1 Å². The van der Waals surface area contributed by atoms with Crippen molar-refractivity contribution in [2.24, 2.45) is 0 Å². The van der Waals surface area contributed by atoms with Gasteiger partial charge in [0.15, 0.2) is 0 Å². The Morgan fingerprint density at radius 3 is 2.54 bits per heavy atom. The van der Waals surface area contributed by atoms with Crippen LogP contribution in [0.15, 0.2) is 53.0 Å². The van der Waals surface area contributed by atoms with Crippen LogP contribution in [0.25, 0.3) is 0 Å². The van der Waals surface area contributed by atoms with E-state index in [4.69, 9.17) is 0 Å². The number of rotatable bonds is 6. The van der Waals surface area contributed by atoms with Crippen molar-refractivity contribution in [3.63, 3.8) is 0 Å². The zero-order valence-electron chi connectivity index (χ0n) is 13.9. The number of amides is 2. The molecule has 5 heteroatoms. The normalized spacial score (nSPS) is 10.3. The first kappa shape index (κ1) is 18.2. The molecule has 0 saturated carbocycles. The summed E-state index contributed by atoms with van der Waals surface area (Å²) in [5.74, 6) is -0.155. The first-order valence-corrected chi connectivity index (χ1v) is 8.61. The van der Waals surface area contributed by atoms with E-state index in [1.807, 2.05) is 55.5 Å². The lowest BCUT2D eigenvalue weighted by molar-refractivity contribution is -0.121. The molecular weight excluding hydrogens is 368 g/mol. The molecule has 0 aromatic heterocycles. The minimum Gasteiger partial charge on any atom is -0.352 e. The fourth-order valence-electron chi connectivity index (χ4n) is 2.44. The second-order valence-electron chi connectivity index (χ2n) is 5.67. The zero-order chi connectivity index (χ0) is 17.5. The highest BCUT2D eigenvalue weighted by Crippen LogP contribution is 2.20. The highest BCUT2D eigenvalue weighted by molar-refractivity contribution is 9.10. The smallest absolute Gasteiger partial charge is 0.223 e. The van der Waals surface area contributed by atoms with Gasteiger partial charge in [0.1, 0.15) is 0 Å². The van der Waals surface area contributed by atoms with E-state index >= 15 is 0 Å². The molecule has 0 aliphatic carbocycles. The molecule has 0 spiro atoms. The molecular formula is C19H21BrN2O2. The summed E-state index contributed by atoms with van der Waals surface area (Å²) in [6, 6.07) is 15.5. The molecule has 0 unspecified atom stereocenters. The summed E-state index contributed by atoms with van der Waals surface area (Å²) in [4.78, 5) is 25.5. The molecule has 24 heavy (non-hydrogen) atoms. The van der Waals surface area contributed by atoms with Crippen molar-refractivity contribution in [2.75, 3.05) is 11.4 Å². The summed E-state index contributed by atoms with van der Waals surface area (Å²) in [6.07, 6.45) is 0.262. The van der Waals surface area contributed by atoms with Crippen LogP contribution in [0.2, 0.25) is 0 Å². The first-order valence-electron chi connectivity index (χ1n) is 7.81. The average molecular weight is 389 g/mol. The Morgan fingerprint density at radius 2 is 1.88 bits per heavy atom. The van der Waals surface area contributed by atoms with Gasteiger partial charge in [0.2, 0.25) is 11.8 Å². The largest absolute Gasteiger partial charge is 0.352 e. The molecule has 0 aliphatic heterocycles. The Balaban J connectivity index is 1.90. The van der Waals surface area contributed by atoms with Crippen LogP contribution in [0, 0.1) is 6.92 Å². The van der Waals surface area contributed by atoms with Crippen LogP contribution in [0.4, 0.5) is 5.69 Å². The Kier molecular flexibility index (Phi) is 6.55. The van der Waals surface area contributed by atoms with Crippen molar-refractivity contribution < 1.29 is 9.59 Å². The van der Waals surface area contributed by atoms with Crippen LogP contribution in [0.1, 0.15) is 24.5 Å². The summed E-state index contributed by atoms with van der Waals surface area (Å²) >= 11 is 3.40. The number of carbonyl (C=O) groups excluding carboxylic acids is 2. The van der Waals surface area contributed by atoms with Gasteiger partial charge in [0, 0.05) is 36.6 Å². The molecule has 2 aromatic carbocycles.